The fourth-order valence-corrected chi connectivity index (χ4v) is 5.49. The lowest BCUT2D eigenvalue weighted by Crippen LogP contribution is -2.56. The maximum Gasteiger partial charge on any atom is 0.338 e. The van der Waals surface area contributed by atoms with Crippen LogP contribution < -0.4 is 5.32 Å². The van der Waals surface area contributed by atoms with Crippen LogP contribution in [-0.4, -0.2) is 78.0 Å². The van der Waals surface area contributed by atoms with Gasteiger partial charge in [-0.05, 0) is 44.5 Å². The summed E-state index contributed by atoms with van der Waals surface area (Å²) in [5.74, 6) is -0.528. The molecule has 1 saturated heterocycles. The first-order valence-corrected chi connectivity index (χ1v) is 13.5. The van der Waals surface area contributed by atoms with E-state index in [0.717, 1.165) is 0 Å². The maximum atomic E-state index is 13.4. The molecule has 2 atom stereocenters. The quantitative estimate of drug-likeness (QED) is 0.496. The van der Waals surface area contributed by atoms with Crippen LogP contribution in [0, 0.1) is 0 Å². The Labute approximate surface area is 233 Å². The Hall–Kier alpha value is -3.07. The number of amides is 3. The van der Waals surface area contributed by atoms with Crippen molar-refractivity contribution >= 4 is 41.1 Å². The van der Waals surface area contributed by atoms with Crippen molar-refractivity contribution in [3.8, 4) is 0 Å². The summed E-state index contributed by atoms with van der Waals surface area (Å²) in [6.45, 7) is 8.18. The molecule has 4 rings (SSSR count). The van der Waals surface area contributed by atoms with Gasteiger partial charge in [-0.1, -0.05) is 53.5 Å². The number of carbonyl (C=O) groups is 3. The van der Waals surface area contributed by atoms with Gasteiger partial charge in [-0.15, -0.1) is 0 Å². The molecule has 0 aromatic heterocycles. The number of rotatable bonds is 7. The van der Waals surface area contributed by atoms with Gasteiger partial charge in [0, 0.05) is 50.0 Å². The van der Waals surface area contributed by atoms with Crippen LogP contribution in [0.15, 0.2) is 59.8 Å². The van der Waals surface area contributed by atoms with Gasteiger partial charge in [-0.25, -0.2) is 9.59 Å². The predicted molar refractivity (Wildman–Crippen MR) is 147 cm³/mol. The number of hydrogen-bond acceptors (Lipinski definition) is 5. The number of urea groups is 1. The van der Waals surface area contributed by atoms with Crippen LogP contribution in [0.2, 0.25) is 10.0 Å². The number of halogens is 2. The van der Waals surface area contributed by atoms with Gasteiger partial charge in [-0.2, -0.15) is 0 Å². The van der Waals surface area contributed by atoms with Crippen molar-refractivity contribution in [3.63, 3.8) is 0 Å². The Kier molecular flexibility index (Phi) is 8.97. The molecule has 202 valence electrons. The van der Waals surface area contributed by atoms with Crippen LogP contribution in [0.1, 0.15) is 42.7 Å². The average Bonchev–Trinajstić information content (AvgIpc) is 2.90. The molecular weight excluding hydrogens is 527 g/mol. The van der Waals surface area contributed by atoms with Crippen molar-refractivity contribution in [3.05, 3.63) is 81.0 Å². The van der Waals surface area contributed by atoms with Crippen molar-refractivity contribution in [2.24, 2.45) is 0 Å². The summed E-state index contributed by atoms with van der Waals surface area (Å²) in [7, 11) is 0. The summed E-state index contributed by atoms with van der Waals surface area (Å²) in [6.07, 6.45) is 0. The van der Waals surface area contributed by atoms with Gasteiger partial charge in [0.15, 0.2) is 0 Å². The number of piperazine rings is 1. The molecule has 38 heavy (non-hydrogen) atoms. The zero-order valence-electron chi connectivity index (χ0n) is 21.7. The second kappa shape index (κ2) is 12.2. The van der Waals surface area contributed by atoms with E-state index in [1.807, 2.05) is 49.1 Å². The highest BCUT2D eigenvalue weighted by Gasteiger charge is 2.40. The van der Waals surface area contributed by atoms with Crippen molar-refractivity contribution in [2.75, 3.05) is 39.3 Å². The monoisotopic (exact) mass is 558 g/mol. The van der Waals surface area contributed by atoms with Crippen LogP contribution in [-0.2, 0) is 9.53 Å². The molecule has 1 N–H and O–H groups in total. The van der Waals surface area contributed by atoms with Gasteiger partial charge in [0.1, 0.15) is 0 Å². The average molecular weight is 559 g/mol. The molecule has 0 spiro atoms. The molecule has 0 aliphatic carbocycles. The summed E-state index contributed by atoms with van der Waals surface area (Å²) in [5, 5.41) is 3.52. The van der Waals surface area contributed by atoms with Crippen molar-refractivity contribution in [2.45, 2.75) is 32.9 Å². The fourth-order valence-electron chi connectivity index (χ4n) is 5.07. The molecular formula is C28H32Cl2N4O4. The number of carbonyl (C=O) groups excluding carboxylic acids is 3. The highest BCUT2D eigenvalue weighted by atomic mass is 35.5. The normalized spacial score (nSPS) is 20.4. The third kappa shape index (κ3) is 5.67. The first-order valence-electron chi connectivity index (χ1n) is 12.8. The number of hydrogen-bond donors (Lipinski definition) is 1. The summed E-state index contributed by atoms with van der Waals surface area (Å²) in [4.78, 5) is 45.2. The standard InChI is InChI=1S/C28H32Cl2N4O4/c1-4-33-22(17-32-14-15-34(18(3)16-32)26(35)19-10-7-6-8-11-19)23(27(36)38-5-2)25(31-28(33)37)20-12-9-13-21(29)24(20)30/h6-13,18,25H,4-5,14-17H2,1-3H3,(H,31,37)/t18-,25-/m1/s1. The zero-order valence-corrected chi connectivity index (χ0v) is 23.3. The van der Waals surface area contributed by atoms with Gasteiger partial charge in [-0.3, -0.25) is 14.6 Å². The maximum absolute atomic E-state index is 13.4. The molecule has 0 unspecified atom stereocenters. The smallest absolute Gasteiger partial charge is 0.338 e. The number of nitrogens with one attached hydrogen (secondary N) is 1. The second-order valence-corrected chi connectivity index (χ2v) is 10.1. The molecule has 2 aliphatic heterocycles. The van der Waals surface area contributed by atoms with E-state index in [0.29, 0.717) is 60.1 Å². The van der Waals surface area contributed by atoms with Gasteiger partial charge in [0.05, 0.1) is 28.3 Å². The van der Waals surface area contributed by atoms with Gasteiger partial charge in [0.2, 0.25) is 0 Å². The van der Waals surface area contributed by atoms with Crippen molar-refractivity contribution in [1.82, 2.24) is 20.0 Å². The minimum atomic E-state index is -0.816. The highest BCUT2D eigenvalue weighted by molar-refractivity contribution is 6.42. The lowest BCUT2D eigenvalue weighted by Gasteiger charge is -2.43. The molecule has 1 fully saturated rings. The lowest BCUT2D eigenvalue weighted by atomic mass is 9.93. The third-order valence-corrected chi connectivity index (χ3v) is 7.74. The number of likely N-dealkylation sites (N-methyl/N-ethyl adjacent to an activating group) is 1. The SMILES string of the molecule is CCOC(=O)C1=C(CN2CCN(C(=O)c3ccccc3)[C@H](C)C2)N(CC)C(=O)N[C@@H]1c1cccc(Cl)c1Cl. The van der Waals surface area contributed by atoms with Crippen LogP contribution in [0.25, 0.3) is 0 Å². The zero-order chi connectivity index (χ0) is 27.4. The molecule has 8 nitrogen and oxygen atoms in total. The lowest BCUT2D eigenvalue weighted by molar-refractivity contribution is -0.139. The summed E-state index contributed by atoms with van der Waals surface area (Å²) in [5.41, 5.74) is 2.07. The van der Waals surface area contributed by atoms with E-state index in [2.05, 4.69) is 10.2 Å². The Morgan fingerprint density at radius 1 is 1.05 bits per heavy atom. The molecule has 3 amide bonds. The minimum Gasteiger partial charge on any atom is -0.463 e. The largest absolute Gasteiger partial charge is 0.463 e. The van der Waals surface area contributed by atoms with E-state index in [4.69, 9.17) is 27.9 Å². The first-order chi connectivity index (χ1) is 18.3. The fraction of sp³-hybridized carbons (Fsp3) is 0.393. The Balaban J connectivity index is 1.66. The Morgan fingerprint density at radius 3 is 2.45 bits per heavy atom. The van der Waals surface area contributed by atoms with Crippen LogP contribution in [0.3, 0.4) is 0 Å². The van der Waals surface area contributed by atoms with E-state index < -0.39 is 12.0 Å². The van der Waals surface area contributed by atoms with Gasteiger partial charge in [0.25, 0.3) is 5.91 Å². The minimum absolute atomic E-state index is 0.00734. The molecule has 2 aromatic rings. The predicted octanol–water partition coefficient (Wildman–Crippen LogP) is 4.74. The van der Waals surface area contributed by atoms with Gasteiger partial charge < -0.3 is 15.0 Å². The van der Waals surface area contributed by atoms with Crippen LogP contribution in [0.4, 0.5) is 4.79 Å². The van der Waals surface area contributed by atoms with E-state index in [-0.39, 0.29) is 29.6 Å². The van der Waals surface area contributed by atoms with E-state index in [1.54, 1.807) is 30.0 Å². The number of benzene rings is 2. The number of ether oxygens (including phenoxy) is 1. The molecule has 0 radical (unpaired) electrons. The first kappa shape index (κ1) is 28.0. The molecule has 2 aliphatic rings. The second-order valence-electron chi connectivity index (χ2n) is 9.30. The van der Waals surface area contributed by atoms with Crippen molar-refractivity contribution < 1.29 is 19.1 Å². The van der Waals surface area contributed by atoms with Crippen LogP contribution in [0.5, 0.6) is 0 Å². The molecule has 2 heterocycles. The molecule has 0 bridgehead atoms. The van der Waals surface area contributed by atoms with Gasteiger partial charge >= 0.3 is 12.0 Å². The van der Waals surface area contributed by atoms with E-state index in [9.17, 15) is 14.4 Å². The van der Waals surface area contributed by atoms with Crippen LogP contribution >= 0.6 is 23.2 Å². The number of nitrogens with zero attached hydrogens (tertiary/aromatic N) is 3. The summed E-state index contributed by atoms with van der Waals surface area (Å²) >= 11 is 12.8. The number of esters is 1. The molecule has 2 aromatic carbocycles. The summed E-state index contributed by atoms with van der Waals surface area (Å²) < 4.78 is 5.45. The highest BCUT2D eigenvalue weighted by Crippen LogP contribution is 2.38. The topological polar surface area (TPSA) is 82.2 Å². The summed E-state index contributed by atoms with van der Waals surface area (Å²) in [6, 6.07) is 13.2. The van der Waals surface area contributed by atoms with E-state index >= 15 is 0 Å². The Morgan fingerprint density at radius 2 is 1.79 bits per heavy atom. The third-order valence-electron chi connectivity index (χ3n) is 6.91. The molecule has 0 saturated carbocycles. The van der Waals surface area contributed by atoms with Crippen molar-refractivity contribution in [1.29, 1.82) is 0 Å². The Bertz CT molecular complexity index is 1240. The molecule has 10 heteroatoms. The van der Waals surface area contributed by atoms with E-state index in [1.165, 1.54) is 0 Å².